The smallest absolute Gasteiger partial charge is 0.408 e. The maximum Gasteiger partial charge on any atom is 0.408 e. The summed E-state index contributed by atoms with van der Waals surface area (Å²) in [6.07, 6.45) is -1.54. The highest BCUT2D eigenvalue weighted by Gasteiger charge is 2.40. The lowest BCUT2D eigenvalue weighted by atomic mass is 9.96. The molecule has 0 spiro atoms. The van der Waals surface area contributed by atoms with Crippen molar-refractivity contribution < 1.29 is 38.6 Å². The van der Waals surface area contributed by atoms with Crippen LogP contribution < -0.4 is 16.4 Å². The van der Waals surface area contributed by atoms with E-state index in [0.717, 1.165) is 0 Å². The SMILES string of the molecule is CC(C)(C)OC(=O)[C@@H]1CCCCN1C(=O)C(O)C(Cc1ccccc1)NC(=O)[C@H](CC(N)=O)NC(=O)OCc1ccccc1. The van der Waals surface area contributed by atoms with E-state index in [1.807, 2.05) is 6.07 Å². The van der Waals surface area contributed by atoms with Gasteiger partial charge in [-0.15, -0.1) is 0 Å². The number of nitrogens with two attached hydrogens (primary N) is 1. The Labute approximate surface area is 257 Å². The Kier molecular flexibility index (Phi) is 12.3. The van der Waals surface area contributed by atoms with Gasteiger partial charge in [0.05, 0.1) is 12.5 Å². The van der Waals surface area contributed by atoms with E-state index in [9.17, 15) is 29.1 Å². The molecule has 238 valence electrons. The van der Waals surface area contributed by atoms with Gasteiger partial charge in [0.25, 0.3) is 5.91 Å². The van der Waals surface area contributed by atoms with Gasteiger partial charge < -0.3 is 35.8 Å². The highest BCUT2D eigenvalue weighted by atomic mass is 16.6. The summed E-state index contributed by atoms with van der Waals surface area (Å²) in [4.78, 5) is 65.7. The molecule has 1 heterocycles. The number of carbonyl (C=O) groups is 5. The van der Waals surface area contributed by atoms with E-state index in [1.165, 1.54) is 4.90 Å². The third kappa shape index (κ3) is 10.7. The Balaban J connectivity index is 1.78. The second-order valence-electron chi connectivity index (χ2n) is 11.8. The van der Waals surface area contributed by atoms with Crippen molar-refractivity contribution in [2.24, 2.45) is 5.73 Å². The minimum Gasteiger partial charge on any atom is -0.458 e. The molecule has 1 fully saturated rings. The maximum atomic E-state index is 13.7. The van der Waals surface area contributed by atoms with Crippen LogP contribution in [0.1, 0.15) is 57.6 Å². The van der Waals surface area contributed by atoms with Gasteiger partial charge in [-0.05, 0) is 57.6 Å². The van der Waals surface area contributed by atoms with Crippen LogP contribution in [0.4, 0.5) is 4.79 Å². The zero-order valence-electron chi connectivity index (χ0n) is 25.4. The van der Waals surface area contributed by atoms with Gasteiger partial charge in [0, 0.05) is 6.54 Å². The quantitative estimate of drug-likeness (QED) is 0.264. The van der Waals surface area contributed by atoms with Gasteiger partial charge in [0.1, 0.15) is 24.3 Å². The zero-order valence-corrected chi connectivity index (χ0v) is 25.4. The van der Waals surface area contributed by atoms with Gasteiger partial charge in [-0.2, -0.15) is 0 Å². The first kappa shape index (κ1) is 34.0. The van der Waals surface area contributed by atoms with Crippen molar-refractivity contribution in [1.82, 2.24) is 15.5 Å². The molecule has 0 saturated carbocycles. The molecule has 2 aromatic rings. The summed E-state index contributed by atoms with van der Waals surface area (Å²) in [7, 11) is 0. The Morgan fingerprint density at radius 3 is 2.16 bits per heavy atom. The van der Waals surface area contributed by atoms with Crippen LogP contribution >= 0.6 is 0 Å². The number of rotatable bonds is 12. The molecular weight excluding hydrogens is 568 g/mol. The lowest BCUT2D eigenvalue weighted by Gasteiger charge is -2.38. The van der Waals surface area contributed by atoms with Gasteiger partial charge in [0.2, 0.25) is 11.8 Å². The van der Waals surface area contributed by atoms with Crippen molar-refractivity contribution in [3.8, 4) is 0 Å². The Morgan fingerprint density at radius 2 is 1.57 bits per heavy atom. The van der Waals surface area contributed by atoms with Gasteiger partial charge in [0.15, 0.2) is 6.10 Å². The van der Waals surface area contributed by atoms with Crippen LogP contribution in [0.25, 0.3) is 0 Å². The molecule has 4 amide bonds. The Morgan fingerprint density at radius 1 is 0.955 bits per heavy atom. The molecule has 1 aliphatic heterocycles. The third-order valence-electron chi connectivity index (χ3n) is 6.95. The van der Waals surface area contributed by atoms with E-state index in [0.29, 0.717) is 30.4 Å². The lowest BCUT2D eigenvalue weighted by Crippen LogP contribution is -2.60. The number of aliphatic hydroxyl groups excluding tert-OH is 1. The molecule has 0 bridgehead atoms. The topological polar surface area (TPSA) is 177 Å². The van der Waals surface area contributed by atoms with Crippen molar-refractivity contribution >= 4 is 29.8 Å². The molecule has 2 aromatic carbocycles. The van der Waals surface area contributed by atoms with Crippen molar-refractivity contribution in [3.05, 3.63) is 71.8 Å². The summed E-state index contributed by atoms with van der Waals surface area (Å²) in [5.74, 6) is -3.03. The summed E-state index contributed by atoms with van der Waals surface area (Å²) < 4.78 is 10.7. The normalized spacial score (nSPS) is 17.0. The number of hydrogen-bond acceptors (Lipinski definition) is 8. The van der Waals surface area contributed by atoms with Crippen LogP contribution in [-0.2, 0) is 41.7 Å². The number of esters is 1. The number of amides is 4. The van der Waals surface area contributed by atoms with Gasteiger partial charge in [-0.25, -0.2) is 9.59 Å². The molecule has 1 saturated heterocycles. The summed E-state index contributed by atoms with van der Waals surface area (Å²) in [5, 5.41) is 16.3. The standard InChI is InChI=1S/C32H42N4O8/c1-32(2,3)44-30(41)25-16-10-11-17-36(25)29(40)27(38)23(18-21-12-6-4-7-13-21)34-28(39)24(19-26(33)37)35-31(42)43-20-22-14-8-5-9-15-22/h4-9,12-15,23-25,27,38H,10-11,16-20H2,1-3H3,(H2,33,37)(H,34,39)(H,35,42)/t23?,24-,25-,27?/m0/s1. The third-order valence-corrected chi connectivity index (χ3v) is 6.95. The van der Waals surface area contributed by atoms with E-state index in [-0.39, 0.29) is 19.6 Å². The number of primary amides is 1. The monoisotopic (exact) mass is 610 g/mol. The molecule has 4 atom stereocenters. The van der Waals surface area contributed by atoms with E-state index < -0.39 is 66.0 Å². The van der Waals surface area contributed by atoms with E-state index in [4.69, 9.17) is 15.2 Å². The van der Waals surface area contributed by atoms with Crippen LogP contribution in [0.5, 0.6) is 0 Å². The molecule has 2 unspecified atom stereocenters. The van der Waals surface area contributed by atoms with E-state index >= 15 is 0 Å². The fourth-order valence-corrected chi connectivity index (χ4v) is 4.86. The Hall–Kier alpha value is -4.45. The van der Waals surface area contributed by atoms with Crippen LogP contribution in [0.2, 0.25) is 0 Å². The number of likely N-dealkylation sites (tertiary alicyclic amines) is 1. The number of nitrogens with one attached hydrogen (secondary N) is 2. The minimum absolute atomic E-state index is 0.0339. The maximum absolute atomic E-state index is 13.7. The molecular formula is C32H42N4O8. The second-order valence-corrected chi connectivity index (χ2v) is 11.8. The molecule has 0 aliphatic carbocycles. The predicted molar refractivity (Wildman–Crippen MR) is 161 cm³/mol. The summed E-state index contributed by atoms with van der Waals surface area (Å²) in [5.41, 5.74) is 6.00. The zero-order chi connectivity index (χ0) is 32.3. The van der Waals surface area contributed by atoms with Crippen LogP contribution in [0, 0.1) is 0 Å². The number of alkyl carbamates (subject to hydrolysis) is 1. The molecule has 12 heteroatoms. The Bertz CT molecular complexity index is 1280. The number of piperidine rings is 1. The molecule has 1 aliphatic rings. The van der Waals surface area contributed by atoms with Crippen LogP contribution in [0.3, 0.4) is 0 Å². The first-order valence-corrected chi connectivity index (χ1v) is 14.7. The number of hydrogen-bond donors (Lipinski definition) is 4. The molecule has 5 N–H and O–H groups in total. The van der Waals surface area contributed by atoms with E-state index in [1.54, 1.807) is 75.4 Å². The van der Waals surface area contributed by atoms with Crippen LogP contribution in [-0.4, -0.2) is 76.2 Å². The van der Waals surface area contributed by atoms with Crippen molar-refractivity contribution in [1.29, 1.82) is 0 Å². The number of ether oxygens (including phenoxy) is 2. The number of aliphatic hydroxyl groups is 1. The molecule has 0 radical (unpaired) electrons. The fourth-order valence-electron chi connectivity index (χ4n) is 4.86. The van der Waals surface area contributed by atoms with Gasteiger partial charge in [-0.1, -0.05) is 60.7 Å². The second kappa shape index (κ2) is 15.9. The first-order chi connectivity index (χ1) is 20.8. The fraction of sp³-hybridized carbons (Fsp3) is 0.469. The van der Waals surface area contributed by atoms with Crippen molar-refractivity contribution in [2.75, 3.05) is 6.54 Å². The highest BCUT2D eigenvalue weighted by Crippen LogP contribution is 2.23. The largest absolute Gasteiger partial charge is 0.458 e. The van der Waals surface area contributed by atoms with Crippen molar-refractivity contribution in [3.63, 3.8) is 0 Å². The number of benzene rings is 2. The van der Waals surface area contributed by atoms with Crippen molar-refractivity contribution in [2.45, 2.75) is 89.3 Å². The lowest BCUT2D eigenvalue weighted by molar-refractivity contribution is -0.169. The number of carbonyl (C=O) groups excluding carboxylic acids is 5. The summed E-state index contributed by atoms with van der Waals surface area (Å²) in [6.45, 7) is 5.34. The first-order valence-electron chi connectivity index (χ1n) is 14.7. The van der Waals surface area contributed by atoms with Gasteiger partial charge >= 0.3 is 12.1 Å². The summed E-state index contributed by atoms with van der Waals surface area (Å²) in [6, 6.07) is 14.2. The van der Waals surface area contributed by atoms with Crippen LogP contribution in [0.15, 0.2) is 60.7 Å². The number of nitrogens with zero attached hydrogens (tertiary/aromatic N) is 1. The minimum atomic E-state index is -1.76. The molecule has 12 nitrogen and oxygen atoms in total. The van der Waals surface area contributed by atoms with Gasteiger partial charge in [-0.3, -0.25) is 14.4 Å². The molecule has 44 heavy (non-hydrogen) atoms. The molecule has 3 rings (SSSR count). The molecule has 0 aromatic heterocycles. The average Bonchev–Trinajstić information content (AvgIpc) is 2.98. The van der Waals surface area contributed by atoms with E-state index in [2.05, 4.69) is 10.6 Å². The highest BCUT2D eigenvalue weighted by molar-refractivity contribution is 5.92. The predicted octanol–water partition coefficient (Wildman–Crippen LogP) is 1.97. The summed E-state index contributed by atoms with van der Waals surface area (Å²) >= 11 is 0. The average molecular weight is 611 g/mol.